The molecule has 0 aliphatic carbocycles. The predicted molar refractivity (Wildman–Crippen MR) is 113 cm³/mol. The number of halogens is 3. The lowest BCUT2D eigenvalue weighted by molar-refractivity contribution is -0.274. The maximum atomic E-state index is 12.4. The van der Waals surface area contributed by atoms with Crippen LogP contribution in [0.15, 0.2) is 59.6 Å². The van der Waals surface area contributed by atoms with E-state index in [9.17, 15) is 21.6 Å². The van der Waals surface area contributed by atoms with E-state index < -0.39 is 16.4 Å². The minimum absolute atomic E-state index is 0.0571. The summed E-state index contributed by atoms with van der Waals surface area (Å²) in [6.07, 6.45) is -2.51. The van der Waals surface area contributed by atoms with Crippen molar-refractivity contribution in [1.29, 1.82) is 0 Å². The van der Waals surface area contributed by atoms with Crippen LogP contribution in [0.2, 0.25) is 0 Å². The van der Waals surface area contributed by atoms with E-state index >= 15 is 0 Å². The fourth-order valence-electron chi connectivity index (χ4n) is 2.92. The van der Waals surface area contributed by atoms with Crippen molar-refractivity contribution >= 4 is 31.5 Å². The summed E-state index contributed by atoms with van der Waals surface area (Å²) in [7, 11) is -3.72. The number of alkyl halides is 3. The number of nitrogens with one attached hydrogen (secondary N) is 1. The number of rotatable bonds is 7. The quantitative estimate of drug-likeness (QED) is 0.415. The Morgan fingerprint density at radius 1 is 1.16 bits per heavy atom. The molecule has 0 amide bonds. The summed E-state index contributed by atoms with van der Waals surface area (Å²) in [5.74, 6) is -0.321. The first-order chi connectivity index (χ1) is 15.1. The molecule has 13 heteroatoms. The van der Waals surface area contributed by atoms with E-state index in [2.05, 4.69) is 20.1 Å². The van der Waals surface area contributed by atoms with Crippen LogP contribution in [0.1, 0.15) is 5.56 Å². The third-order valence-corrected chi connectivity index (χ3v) is 6.16. The maximum Gasteiger partial charge on any atom is 0.573 e. The molecule has 3 N–H and O–H groups in total. The molecule has 2 aromatic carbocycles. The number of ether oxygens (including phenoxy) is 1. The molecule has 4 rings (SSSR count). The molecule has 0 aliphatic rings. The highest BCUT2D eigenvalue weighted by molar-refractivity contribution is 7.89. The summed E-state index contributed by atoms with van der Waals surface area (Å²) in [5, 5.41) is 13.2. The number of fused-ring (bicyclic) bond motifs is 1. The van der Waals surface area contributed by atoms with Crippen molar-refractivity contribution in [1.82, 2.24) is 14.6 Å². The van der Waals surface area contributed by atoms with E-state index in [1.807, 2.05) is 0 Å². The Labute approximate surface area is 184 Å². The number of anilines is 1. The van der Waals surface area contributed by atoms with Crippen molar-refractivity contribution in [2.75, 3.05) is 11.9 Å². The van der Waals surface area contributed by atoms with Crippen molar-refractivity contribution in [2.45, 2.75) is 17.7 Å². The van der Waals surface area contributed by atoms with Crippen LogP contribution in [0, 0.1) is 0 Å². The fraction of sp³-hybridized carbons (Fsp3) is 0.158. The van der Waals surface area contributed by atoms with Gasteiger partial charge in [-0.2, -0.15) is 0 Å². The van der Waals surface area contributed by atoms with E-state index in [-0.39, 0.29) is 10.6 Å². The van der Waals surface area contributed by atoms with Gasteiger partial charge in [-0.25, -0.2) is 23.1 Å². The highest BCUT2D eigenvalue weighted by Gasteiger charge is 2.31. The first-order valence-electron chi connectivity index (χ1n) is 9.15. The molecule has 0 bridgehead atoms. The standard InChI is InChI=1S/C19H16F3N5O3S2/c20-19(21,22)30-14-3-1-2-13(10-14)16-11-27-18(25-16)31-17(26-27)24-9-8-12-4-6-15(7-5-12)32(23,28)29/h1-7,10-11H,8-9H2,(H,24,26)(H2,23,28,29). The van der Waals surface area contributed by atoms with Crippen molar-refractivity contribution in [3.63, 3.8) is 0 Å². The molecule has 8 nitrogen and oxygen atoms in total. The Balaban J connectivity index is 1.40. The maximum absolute atomic E-state index is 12.4. The SMILES string of the molecule is NS(=O)(=O)c1ccc(CCNc2nn3cc(-c4cccc(OC(F)(F)F)c4)nc3s2)cc1. The molecule has 0 unspecified atom stereocenters. The topological polar surface area (TPSA) is 112 Å². The number of sulfonamides is 1. The Hall–Kier alpha value is -3.16. The lowest BCUT2D eigenvalue weighted by atomic mass is 10.1. The second-order valence-electron chi connectivity index (χ2n) is 6.70. The van der Waals surface area contributed by atoms with Crippen molar-refractivity contribution in [2.24, 2.45) is 5.14 Å². The van der Waals surface area contributed by atoms with Gasteiger partial charge in [-0.3, -0.25) is 0 Å². The number of aromatic nitrogens is 3. The number of nitrogens with two attached hydrogens (primary N) is 1. The molecule has 0 saturated carbocycles. The zero-order valence-corrected chi connectivity index (χ0v) is 17.8. The number of primary sulfonamides is 1. The zero-order valence-electron chi connectivity index (χ0n) is 16.2. The van der Waals surface area contributed by atoms with Crippen LogP contribution < -0.4 is 15.2 Å². The van der Waals surface area contributed by atoms with Crippen LogP contribution in [0.5, 0.6) is 5.75 Å². The van der Waals surface area contributed by atoms with E-state index in [0.29, 0.717) is 34.3 Å². The summed E-state index contributed by atoms with van der Waals surface area (Å²) in [5.41, 5.74) is 1.87. The predicted octanol–water partition coefficient (Wildman–Crippen LogP) is 3.66. The lowest BCUT2D eigenvalue weighted by Crippen LogP contribution is -2.17. The Morgan fingerprint density at radius 2 is 1.91 bits per heavy atom. The average Bonchev–Trinajstić information content (AvgIpc) is 3.25. The molecule has 32 heavy (non-hydrogen) atoms. The minimum Gasteiger partial charge on any atom is -0.406 e. The van der Waals surface area contributed by atoms with E-state index in [1.54, 1.807) is 28.9 Å². The number of hydrogen-bond acceptors (Lipinski definition) is 7. The molecule has 168 valence electrons. The van der Waals surface area contributed by atoms with Gasteiger partial charge in [0.05, 0.1) is 16.8 Å². The molecule has 4 aromatic rings. The Kier molecular flexibility index (Phi) is 5.79. The zero-order chi connectivity index (χ0) is 22.9. The van der Waals surface area contributed by atoms with E-state index in [0.717, 1.165) is 5.56 Å². The van der Waals surface area contributed by atoms with Crippen molar-refractivity contribution in [3.05, 3.63) is 60.3 Å². The molecular weight excluding hydrogens is 467 g/mol. The number of imidazole rings is 1. The van der Waals surface area contributed by atoms with Gasteiger partial charge >= 0.3 is 6.36 Å². The second kappa shape index (κ2) is 8.41. The fourth-order valence-corrected chi connectivity index (χ4v) is 4.25. The third kappa shape index (κ3) is 5.36. The van der Waals surface area contributed by atoms with E-state index in [1.165, 1.54) is 41.7 Å². The first-order valence-corrected chi connectivity index (χ1v) is 11.5. The lowest BCUT2D eigenvalue weighted by Gasteiger charge is -2.09. The monoisotopic (exact) mass is 483 g/mol. The second-order valence-corrected chi connectivity index (χ2v) is 9.22. The summed E-state index contributed by atoms with van der Waals surface area (Å²) >= 11 is 1.29. The summed E-state index contributed by atoms with van der Waals surface area (Å²) in [4.78, 5) is 5.04. The average molecular weight is 483 g/mol. The molecule has 0 saturated heterocycles. The Bertz CT molecular complexity index is 1320. The van der Waals surface area contributed by atoms with Gasteiger partial charge in [0.25, 0.3) is 0 Å². The molecule has 0 radical (unpaired) electrons. The highest BCUT2D eigenvalue weighted by Crippen LogP contribution is 2.29. The Morgan fingerprint density at radius 3 is 2.56 bits per heavy atom. The van der Waals surface area contributed by atoms with Crippen molar-refractivity contribution < 1.29 is 26.3 Å². The molecular formula is C19H16F3N5O3S2. The van der Waals surface area contributed by atoms with Crippen LogP contribution in [0.25, 0.3) is 16.2 Å². The normalized spacial score (nSPS) is 12.2. The van der Waals surface area contributed by atoms with Crippen LogP contribution in [0.3, 0.4) is 0 Å². The third-order valence-electron chi connectivity index (χ3n) is 4.35. The summed E-state index contributed by atoms with van der Waals surface area (Å²) < 4.78 is 65.3. The summed E-state index contributed by atoms with van der Waals surface area (Å²) in [6.45, 7) is 0.551. The number of hydrogen-bond donors (Lipinski definition) is 2. The van der Waals surface area contributed by atoms with Crippen molar-refractivity contribution in [3.8, 4) is 17.0 Å². The van der Waals surface area contributed by atoms with Gasteiger partial charge in [0.2, 0.25) is 20.1 Å². The minimum atomic E-state index is -4.76. The van der Waals surface area contributed by atoms with Crippen LogP contribution in [0.4, 0.5) is 18.3 Å². The van der Waals surface area contributed by atoms with Crippen LogP contribution in [-0.2, 0) is 16.4 Å². The van der Waals surface area contributed by atoms with Gasteiger partial charge in [0, 0.05) is 12.1 Å². The first kappa shape index (κ1) is 22.0. The van der Waals surface area contributed by atoms with Gasteiger partial charge in [-0.05, 0) is 36.2 Å². The van der Waals surface area contributed by atoms with Gasteiger partial charge in [0.15, 0.2) is 0 Å². The molecule has 2 heterocycles. The molecule has 0 spiro atoms. The summed E-state index contributed by atoms with van der Waals surface area (Å²) in [6, 6.07) is 11.9. The van der Waals surface area contributed by atoms with E-state index in [4.69, 9.17) is 5.14 Å². The molecule has 0 aliphatic heterocycles. The van der Waals surface area contributed by atoms with Gasteiger partial charge in [-0.15, -0.1) is 18.3 Å². The van der Waals surface area contributed by atoms with Crippen LogP contribution >= 0.6 is 11.3 Å². The number of nitrogens with zero attached hydrogens (tertiary/aromatic N) is 3. The van der Waals surface area contributed by atoms with Gasteiger partial charge in [-0.1, -0.05) is 35.6 Å². The smallest absolute Gasteiger partial charge is 0.406 e. The molecule has 2 aromatic heterocycles. The van der Waals surface area contributed by atoms with Gasteiger partial charge < -0.3 is 10.1 Å². The number of benzene rings is 2. The molecule has 0 fully saturated rings. The van der Waals surface area contributed by atoms with Gasteiger partial charge in [0.1, 0.15) is 5.75 Å². The molecule has 0 atom stereocenters. The highest BCUT2D eigenvalue weighted by atomic mass is 32.2. The van der Waals surface area contributed by atoms with Crippen LogP contribution in [-0.4, -0.2) is 35.9 Å². The largest absolute Gasteiger partial charge is 0.573 e.